The summed E-state index contributed by atoms with van der Waals surface area (Å²) >= 11 is 0. The van der Waals surface area contributed by atoms with E-state index in [-0.39, 0.29) is 0 Å². The first kappa shape index (κ1) is 12.7. The molecule has 3 rings (SSSR count). The van der Waals surface area contributed by atoms with Crippen LogP contribution in [0.1, 0.15) is 18.6 Å². The second-order valence-corrected chi connectivity index (χ2v) is 4.51. The van der Waals surface area contributed by atoms with Gasteiger partial charge in [0.25, 0.3) is 0 Å². The number of rotatable bonds is 3. The van der Waals surface area contributed by atoms with Gasteiger partial charge in [-0.2, -0.15) is 0 Å². The molecule has 0 bridgehead atoms. The molecule has 2 aromatic heterocycles. The summed E-state index contributed by atoms with van der Waals surface area (Å²) < 4.78 is 12.6. The Labute approximate surface area is 116 Å². The largest absolute Gasteiger partial charge is 0.493 e. The van der Waals surface area contributed by atoms with Crippen LogP contribution in [0, 0.1) is 6.92 Å². The van der Waals surface area contributed by atoms with Crippen molar-refractivity contribution in [3.63, 3.8) is 0 Å². The summed E-state index contributed by atoms with van der Waals surface area (Å²) in [6.45, 7) is 4.00. The lowest BCUT2D eigenvalue weighted by molar-refractivity contribution is 0.356. The van der Waals surface area contributed by atoms with Crippen molar-refractivity contribution in [3.8, 4) is 11.5 Å². The van der Waals surface area contributed by atoms with Gasteiger partial charge in [0.15, 0.2) is 17.1 Å². The standard InChI is InChI=1S/C14H16N4O2/c1-5-13-16-17-14-9-6-11(19-3)12(20-4)7-10(9)15-8(2)18(13)14/h6-7H,5H2,1-4H3. The van der Waals surface area contributed by atoms with Crippen molar-refractivity contribution in [1.82, 2.24) is 19.6 Å². The van der Waals surface area contributed by atoms with Gasteiger partial charge in [-0.05, 0) is 13.0 Å². The summed E-state index contributed by atoms with van der Waals surface area (Å²) in [5.74, 6) is 3.09. The highest BCUT2D eigenvalue weighted by molar-refractivity contribution is 5.93. The van der Waals surface area contributed by atoms with E-state index >= 15 is 0 Å². The second kappa shape index (κ2) is 4.63. The zero-order chi connectivity index (χ0) is 14.3. The summed E-state index contributed by atoms with van der Waals surface area (Å²) in [5.41, 5.74) is 1.62. The summed E-state index contributed by atoms with van der Waals surface area (Å²) in [6, 6.07) is 3.76. The van der Waals surface area contributed by atoms with E-state index in [1.165, 1.54) is 0 Å². The van der Waals surface area contributed by atoms with E-state index in [1.54, 1.807) is 14.2 Å². The molecule has 0 aliphatic heterocycles. The van der Waals surface area contributed by atoms with E-state index in [0.717, 1.165) is 34.6 Å². The third-order valence-corrected chi connectivity index (χ3v) is 3.39. The fraction of sp³-hybridized carbons (Fsp3) is 0.357. The molecule has 0 saturated heterocycles. The van der Waals surface area contributed by atoms with Gasteiger partial charge in [0.05, 0.1) is 19.7 Å². The van der Waals surface area contributed by atoms with Crippen molar-refractivity contribution in [2.24, 2.45) is 0 Å². The molecule has 0 amide bonds. The Balaban J connectivity index is 2.44. The molecule has 0 aliphatic rings. The fourth-order valence-corrected chi connectivity index (χ4v) is 2.42. The lowest BCUT2D eigenvalue weighted by atomic mass is 10.2. The van der Waals surface area contributed by atoms with Crippen LogP contribution in [-0.2, 0) is 6.42 Å². The Morgan fingerprint density at radius 1 is 1.10 bits per heavy atom. The van der Waals surface area contributed by atoms with E-state index in [9.17, 15) is 0 Å². The number of fused-ring (bicyclic) bond motifs is 3. The van der Waals surface area contributed by atoms with Crippen molar-refractivity contribution in [2.45, 2.75) is 20.3 Å². The predicted octanol–water partition coefficient (Wildman–Crippen LogP) is 2.17. The molecular formula is C14H16N4O2. The SMILES string of the molecule is CCc1nnc2c3cc(OC)c(OC)cc3nc(C)n12. The number of benzene rings is 1. The number of methoxy groups -OCH3 is 2. The van der Waals surface area contributed by atoms with Crippen LogP contribution in [0.3, 0.4) is 0 Å². The Bertz CT molecular complexity index is 795. The monoisotopic (exact) mass is 272 g/mol. The predicted molar refractivity (Wildman–Crippen MR) is 75.5 cm³/mol. The van der Waals surface area contributed by atoms with Gasteiger partial charge < -0.3 is 9.47 Å². The minimum Gasteiger partial charge on any atom is -0.493 e. The average molecular weight is 272 g/mol. The molecule has 0 atom stereocenters. The van der Waals surface area contributed by atoms with E-state index in [0.29, 0.717) is 11.5 Å². The maximum absolute atomic E-state index is 5.35. The minimum atomic E-state index is 0.659. The van der Waals surface area contributed by atoms with Gasteiger partial charge in [-0.25, -0.2) is 4.98 Å². The molecule has 1 aromatic carbocycles. The van der Waals surface area contributed by atoms with Crippen LogP contribution in [0.15, 0.2) is 12.1 Å². The lowest BCUT2D eigenvalue weighted by Gasteiger charge is -2.10. The van der Waals surface area contributed by atoms with E-state index in [4.69, 9.17) is 9.47 Å². The molecule has 6 heteroatoms. The number of ether oxygens (including phenoxy) is 2. The molecule has 20 heavy (non-hydrogen) atoms. The maximum Gasteiger partial charge on any atom is 0.171 e. The lowest BCUT2D eigenvalue weighted by Crippen LogP contribution is -2.01. The normalized spacial score (nSPS) is 11.2. The zero-order valence-corrected chi connectivity index (χ0v) is 12.0. The smallest absolute Gasteiger partial charge is 0.171 e. The first-order valence-corrected chi connectivity index (χ1v) is 6.46. The molecule has 0 spiro atoms. The number of aryl methyl sites for hydroxylation is 2. The molecule has 0 fully saturated rings. The zero-order valence-electron chi connectivity index (χ0n) is 12.0. The van der Waals surface area contributed by atoms with Crippen LogP contribution in [0.25, 0.3) is 16.6 Å². The summed E-state index contributed by atoms with van der Waals surface area (Å²) in [4.78, 5) is 4.62. The highest BCUT2D eigenvalue weighted by Crippen LogP contribution is 2.33. The van der Waals surface area contributed by atoms with Crippen molar-refractivity contribution in [1.29, 1.82) is 0 Å². The van der Waals surface area contributed by atoms with Gasteiger partial charge in [-0.1, -0.05) is 6.92 Å². The molecule has 0 saturated carbocycles. The topological polar surface area (TPSA) is 61.5 Å². The van der Waals surface area contributed by atoms with Crippen LogP contribution in [0.4, 0.5) is 0 Å². The van der Waals surface area contributed by atoms with Crippen molar-refractivity contribution < 1.29 is 9.47 Å². The number of hydrogen-bond donors (Lipinski definition) is 0. The van der Waals surface area contributed by atoms with Crippen molar-refractivity contribution in [3.05, 3.63) is 23.8 Å². The van der Waals surface area contributed by atoms with Crippen LogP contribution in [-0.4, -0.2) is 33.8 Å². The third-order valence-electron chi connectivity index (χ3n) is 3.39. The van der Waals surface area contributed by atoms with Gasteiger partial charge >= 0.3 is 0 Å². The third kappa shape index (κ3) is 1.68. The first-order valence-electron chi connectivity index (χ1n) is 6.46. The second-order valence-electron chi connectivity index (χ2n) is 4.51. The van der Waals surface area contributed by atoms with E-state index in [1.807, 2.05) is 23.5 Å². The quantitative estimate of drug-likeness (QED) is 0.731. The minimum absolute atomic E-state index is 0.659. The molecule has 0 radical (unpaired) electrons. The van der Waals surface area contributed by atoms with Gasteiger partial charge in [0.1, 0.15) is 11.6 Å². The number of hydrogen-bond acceptors (Lipinski definition) is 5. The Hall–Kier alpha value is -2.37. The number of aromatic nitrogens is 4. The molecule has 0 unspecified atom stereocenters. The Kier molecular flexibility index (Phi) is 2.93. The first-order chi connectivity index (χ1) is 9.69. The molecule has 2 heterocycles. The molecule has 3 aromatic rings. The van der Waals surface area contributed by atoms with Crippen LogP contribution >= 0.6 is 0 Å². The molecule has 0 aliphatic carbocycles. The van der Waals surface area contributed by atoms with Crippen molar-refractivity contribution in [2.75, 3.05) is 14.2 Å². The van der Waals surface area contributed by atoms with E-state index < -0.39 is 0 Å². The highest BCUT2D eigenvalue weighted by atomic mass is 16.5. The van der Waals surface area contributed by atoms with E-state index in [2.05, 4.69) is 22.1 Å². The molecular weight excluding hydrogens is 256 g/mol. The van der Waals surface area contributed by atoms with Crippen LogP contribution < -0.4 is 9.47 Å². The van der Waals surface area contributed by atoms with Gasteiger partial charge in [-0.15, -0.1) is 10.2 Å². The van der Waals surface area contributed by atoms with Gasteiger partial charge in [-0.3, -0.25) is 4.40 Å². The Morgan fingerprint density at radius 3 is 2.45 bits per heavy atom. The van der Waals surface area contributed by atoms with Gasteiger partial charge in [0, 0.05) is 17.9 Å². The van der Waals surface area contributed by atoms with Crippen LogP contribution in [0.2, 0.25) is 0 Å². The van der Waals surface area contributed by atoms with Gasteiger partial charge in [0.2, 0.25) is 0 Å². The Morgan fingerprint density at radius 2 is 1.80 bits per heavy atom. The molecule has 0 N–H and O–H groups in total. The summed E-state index contributed by atoms with van der Waals surface area (Å²) in [5, 5.41) is 9.41. The summed E-state index contributed by atoms with van der Waals surface area (Å²) in [7, 11) is 3.23. The highest BCUT2D eigenvalue weighted by Gasteiger charge is 2.15. The van der Waals surface area contributed by atoms with Crippen LogP contribution in [0.5, 0.6) is 11.5 Å². The molecule has 104 valence electrons. The van der Waals surface area contributed by atoms with Crippen molar-refractivity contribution >= 4 is 16.6 Å². The molecule has 6 nitrogen and oxygen atoms in total. The summed E-state index contributed by atoms with van der Waals surface area (Å²) in [6.07, 6.45) is 0.808. The number of nitrogens with zero attached hydrogens (tertiary/aromatic N) is 4. The fourth-order valence-electron chi connectivity index (χ4n) is 2.42. The maximum atomic E-state index is 5.35. The average Bonchev–Trinajstić information content (AvgIpc) is 2.90.